The Morgan fingerprint density at radius 2 is 1.74 bits per heavy atom. The summed E-state index contributed by atoms with van der Waals surface area (Å²) in [6.07, 6.45) is 7.95. The SMILES string of the molecule is C=CCN(CCCCC)C(=O)C1N([C@@H](CO)C(C)C)C(=O)[C@@H]2[C@@H](C(=O)N(CC=C)Cc3ccccc3)[C@@]3(CC)CCC12O3. The van der Waals surface area contributed by atoms with E-state index in [4.69, 9.17) is 4.74 Å². The van der Waals surface area contributed by atoms with Crippen molar-refractivity contribution in [1.29, 1.82) is 0 Å². The monoisotopic (exact) mass is 593 g/mol. The lowest BCUT2D eigenvalue weighted by Crippen LogP contribution is -2.59. The molecule has 0 aromatic heterocycles. The number of carbonyl (C=O) groups excluding carboxylic acids is 3. The molecular formula is C35H51N3O5. The van der Waals surface area contributed by atoms with Crippen molar-refractivity contribution in [3.63, 3.8) is 0 Å². The number of ether oxygens (including phenoxy) is 1. The normalized spacial score (nSPS) is 28.2. The molecule has 3 aliphatic heterocycles. The largest absolute Gasteiger partial charge is 0.394 e. The first-order chi connectivity index (χ1) is 20.7. The molecule has 3 heterocycles. The van der Waals surface area contributed by atoms with E-state index in [2.05, 4.69) is 20.1 Å². The van der Waals surface area contributed by atoms with Crippen LogP contribution in [0.2, 0.25) is 0 Å². The Labute approximate surface area is 257 Å². The van der Waals surface area contributed by atoms with E-state index in [-0.39, 0.29) is 30.2 Å². The number of fused-ring (bicyclic) bond motifs is 1. The lowest BCUT2D eigenvalue weighted by Gasteiger charge is -2.41. The second-order valence-electron chi connectivity index (χ2n) is 12.8. The lowest BCUT2D eigenvalue weighted by molar-refractivity contribution is -0.159. The molecule has 3 amide bonds. The van der Waals surface area contributed by atoms with Crippen molar-refractivity contribution in [1.82, 2.24) is 14.7 Å². The van der Waals surface area contributed by atoms with Gasteiger partial charge in [-0.1, -0.05) is 83.0 Å². The van der Waals surface area contributed by atoms with Gasteiger partial charge in [-0.25, -0.2) is 0 Å². The molecule has 3 aliphatic rings. The number of amides is 3. The third-order valence-electron chi connectivity index (χ3n) is 10.0. The molecule has 8 heteroatoms. The standard InChI is InChI=1S/C35H51N3O5/c1-7-11-15-22-36(20-8-2)33(42)30-35-19-18-34(10-4,43-35)28(29(35)32(41)38(30)27(24-39)25(5)6)31(40)37(21-9-3)23-26-16-13-12-14-17-26/h8-9,12-14,16-17,25,27-30,39H,2-3,7,10-11,15,18-24H2,1,4-6H3/t27-,28-,29-,30?,34+,35?/m0/s1. The van der Waals surface area contributed by atoms with Crippen LogP contribution in [0.4, 0.5) is 0 Å². The van der Waals surface area contributed by atoms with Crippen molar-refractivity contribution in [3.8, 4) is 0 Å². The zero-order chi connectivity index (χ0) is 31.4. The van der Waals surface area contributed by atoms with Gasteiger partial charge in [0.05, 0.1) is 30.1 Å². The van der Waals surface area contributed by atoms with Gasteiger partial charge >= 0.3 is 0 Å². The van der Waals surface area contributed by atoms with Crippen LogP contribution in [0.15, 0.2) is 55.6 Å². The van der Waals surface area contributed by atoms with E-state index in [1.54, 1.807) is 26.9 Å². The summed E-state index contributed by atoms with van der Waals surface area (Å²) in [5, 5.41) is 10.6. The molecule has 1 aromatic carbocycles. The molecule has 236 valence electrons. The predicted molar refractivity (Wildman–Crippen MR) is 168 cm³/mol. The maximum atomic E-state index is 14.7. The highest BCUT2D eigenvalue weighted by molar-refractivity contribution is 5.99. The number of aliphatic hydroxyl groups is 1. The van der Waals surface area contributed by atoms with E-state index in [0.717, 1.165) is 24.8 Å². The Morgan fingerprint density at radius 3 is 2.33 bits per heavy atom. The number of nitrogens with zero attached hydrogens (tertiary/aromatic N) is 3. The molecule has 3 saturated heterocycles. The summed E-state index contributed by atoms with van der Waals surface area (Å²) in [5.41, 5.74) is -0.985. The summed E-state index contributed by atoms with van der Waals surface area (Å²) < 4.78 is 7.00. The van der Waals surface area contributed by atoms with E-state index < -0.39 is 35.1 Å². The van der Waals surface area contributed by atoms with Gasteiger partial charge in [-0.3, -0.25) is 14.4 Å². The Hall–Kier alpha value is -2.97. The molecule has 1 N–H and O–H groups in total. The maximum absolute atomic E-state index is 14.7. The van der Waals surface area contributed by atoms with Crippen LogP contribution >= 0.6 is 0 Å². The molecule has 0 saturated carbocycles. The molecule has 0 radical (unpaired) electrons. The maximum Gasteiger partial charge on any atom is 0.248 e. The van der Waals surface area contributed by atoms with Gasteiger partial charge in [0.2, 0.25) is 17.7 Å². The molecule has 1 spiro atoms. The smallest absolute Gasteiger partial charge is 0.248 e. The van der Waals surface area contributed by atoms with Crippen LogP contribution in [0.3, 0.4) is 0 Å². The minimum Gasteiger partial charge on any atom is -0.394 e. The molecule has 2 unspecified atom stereocenters. The van der Waals surface area contributed by atoms with Gasteiger partial charge in [-0.05, 0) is 37.2 Å². The highest BCUT2D eigenvalue weighted by Gasteiger charge is 2.79. The fourth-order valence-corrected chi connectivity index (χ4v) is 7.85. The van der Waals surface area contributed by atoms with Crippen molar-refractivity contribution < 1.29 is 24.2 Å². The van der Waals surface area contributed by atoms with Crippen LogP contribution in [0.5, 0.6) is 0 Å². The van der Waals surface area contributed by atoms with E-state index in [1.807, 2.05) is 51.1 Å². The fraction of sp³-hybridized carbons (Fsp3) is 0.629. The van der Waals surface area contributed by atoms with Crippen molar-refractivity contribution >= 4 is 17.7 Å². The highest BCUT2D eigenvalue weighted by atomic mass is 16.5. The van der Waals surface area contributed by atoms with Gasteiger partial charge in [0.25, 0.3) is 0 Å². The summed E-state index contributed by atoms with van der Waals surface area (Å²) in [6.45, 7) is 17.2. The van der Waals surface area contributed by atoms with E-state index in [1.165, 1.54) is 0 Å². The Balaban J connectivity index is 1.80. The first kappa shape index (κ1) is 32.9. The molecule has 2 bridgehead atoms. The third-order valence-corrected chi connectivity index (χ3v) is 10.0. The Morgan fingerprint density at radius 1 is 1.07 bits per heavy atom. The summed E-state index contributed by atoms with van der Waals surface area (Å²) >= 11 is 0. The number of unbranched alkanes of at least 4 members (excludes halogenated alkanes) is 2. The summed E-state index contributed by atoms with van der Waals surface area (Å²) in [6, 6.07) is 8.30. The number of benzene rings is 1. The number of carbonyl (C=O) groups is 3. The number of aliphatic hydroxyl groups excluding tert-OH is 1. The number of hydrogen-bond donors (Lipinski definition) is 1. The van der Waals surface area contributed by atoms with Gasteiger partial charge in [-0.15, -0.1) is 13.2 Å². The summed E-state index contributed by atoms with van der Waals surface area (Å²) in [4.78, 5) is 49.1. The first-order valence-electron chi connectivity index (χ1n) is 16.1. The van der Waals surface area contributed by atoms with Crippen molar-refractivity contribution in [2.45, 2.75) is 96.1 Å². The van der Waals surface area contributed by atoms with E-state index >= 15 is 0 Å². The van der Waals surface area contributed by atoms with Crippen molar-refractivity contribution in [3.05, 3.63) is 61.2 Å². The molecule has 4 rings (SSSR count). The van der Waals surface area contributed by atoms with Crippen molar-refractivity contribution in [2.24, 2.45) is 17.8 Å². The minimum absolute atomic E-state index is 0.103. The molecule has 1 aromatic rings. The minimum atomic E-state index is -1.14. The molecule has 3 fully saturated rings. The lowest BCUT2D eigenvalue weighted by atomic mass is 9.64. The number of rotatable bonds is 16. The van der Waals surface area contributed by atoms with Gasteiger partial charge < -0.3 is 24.5 Å². The fourth-order valence-electron chi connectivity index (χ4n) is 7.85. The average Bonchev–Trinajstić information content (AvgIpc) is 3.60. The first-order valence-corrected chi connectivity index (χ1v) is 16.1. The van der Waals surface area contributed by atoms with E-state index in [0.29, 0.717) is 45.4 Å². The Kier molecular flexibility index (Phi) is 10.5. The van der Waals surface area contributed by atoms with Crippen LogP contribution in [-0.2, 0) is 25.7 Å². The second kappa shape index (κ2) is 13.8. The van der Waals surface area contributed by atoms with Gasteiger partial charge in [0, 0.05) is 26.2 Å². The van der Waals surface area contributed by atoms with Gasteiger partial charge in [0.1, 0.15) is 11.6 Å². The third kappa shape index (κ3) is 5.80. The van der Waals surface area contributed by atoms with Crippen molar-refractivity contribution in [2.75, 3.05) is 26.2 Å². The zero-order valence-electron chi connectivity index (χ0n) is 26.5. The highest BCUT2D eigenvalue weighted by Crippen LogP contribution is 2.65. The summed E-state index contributed by atoms with van der Waals surface area (Å²) in [5.74, 6) is -2.23. The van der Waals surface area contributed by atoms with Crippen LogP contribution in [-0.4, -0.2) is 87.1 Å². The summed E-state index contributed by atoms with van der Waals surface area (Å²) in [7, 11) is 0. The van der Waals surface area contributed by atoms with Crippen LogP contribution in [0.1, 0.15) is 71.8 Å². The van der Waals surface area contributed by atoms with E-state index in [9.17, 15) is 19.5 Å². The molecule has 6 atom stereocenters. The molecule has 8 nitrogen and oxygen atoms in total. The number of hydrogen-bond acceptors (Lipinski definition) is 5. The molecule has 0 aliphatic carbocycles. The van der Waals surface area contributed by atoms with Crippen LogP contribution < -0.4 is 0 Å². The second-order valence-corrected chi connectivity index (χ2v) is 12.8. The molecular weight excluding hydrogens is 542 g/mol. The Bertz CT molecular complexity index is 1170. The van der Waals surface area contributed by atoms with Gasteiger partial charge in [-0.2, -0.15) is 0 Å². The molecule has 43 heavy (non-hydrogen) atoms. The van der Waals surface area contributed by atoms with Crippen LogP contribution in [0, 0.1) is 17.8 Å². The quantitative estimate of drug-likeness (QED) is 0.224. The topological polar surface area (TPSA) is 90.4 Å². The zero-order valence-corrected chi connectivity index (χ0v) is 26.5. The predicted octanol–water partition coefficient (Wildman–Crippen LogP) is 4.58. The average molecular weight is 594 g/mol. The van der Waals surface area contributed by atoms with Crippen LogP contribution in [0.25, 0.3) is 0 Å². The van der Waals surface area contributed by atoms with Gasteiger partial charge in [0.15, 0.2) is 0 Å². The number of likely N-dealkylation sites (tertiary alicyclic amines) is 1.